The van der Waals surface area contributed by atoms with E-state index in [9.17, 15) is 4.79 Å². The third kappa shape index (κ3) is 2.54. The Balaban J connectivity index is 3.24. The molecule has 0 aromatic heterocycles. The Morgan fingerprint density at radius 1 is 1.40 bits per heavy atom. The topological polar surface area (TPSA) is 64.7 Å². The van der Waals surface area contributed by atoms with Crippen molar-refractivity contribution in [3.8, 4) is 12.1 Å². The Bertz CT molecular complexity index is 412. The molecular formula is C12H12N2O. The van der Waals surface area contributed by atoms with E-state index < -0.39 is 0 Å². The molecule has 0 bridgehead atoms. The van der Waals surface area contributed by atoms with Crippen LogP contribution in [0, 0.1) is 28.1 Å². The van der Waals surface area contributed by atoms with Crippen molar-refractivity contribution in [2.75, 3.05) is 0 Å². The highest BCUT2D eigenvalue weighted by Gasteiger charge is 2.26. The zero-order chi connectivity index (χ0) is 11.5. The van der Waals surface area contributed by atoms with E-state index in [0.29, 0.717) is 24.0 Å². The largest absolute Gasteiger partial charge is 0.298 e. The second-order valence-corrected chi connectivity index (χ2v) is 4.48. The molecule has 3 nitrogen and oxygen atoms in total. The number of nitrogens with zero attached hydrogens (tertiary/aromatic N) is 2. The van der Waals surface area contributed by atoms with Crippen molar-refractivity contribution in [3.05, 3.63) is 22.8 Å². The van der Waals surface area contributed by atoms with Gasteiger partial charge in [-0.25, -0.2) is 0 Å². The molecule has 15 heavy (non-hydrogen) atoms. The third-order valence-corrected chi connectivity index (χ3v) is 2.41. The van der Waals surface area contributed by atoms with Gasteiger partial charge in [0.15, 0.2) is 0 Å². The van der Waals surface area contributed by atoms with Crippen LogP contribution in [-0.2, 0) is 4.79 Å². The van der Waals surface area contributed by atoms with Gasteiger partial charge < -0.3 is 0 Å². The third-order valence-electron chi connectivity index (χ3n) is 2.41. The van der Waals surface area contributed by atoms with Crippen LogP contribution in [0.5, 0.6) is 0 Å². The molecule has 0 fully saturated rings. The predicted molar refractivity (Wildman–Crippen MR) is 55.4 cm³/mol. The first-order chi connectivity index (χ1) is 7.02. The zero-order valence-corrected chi connectivity index (χ0v) is 8.87. The summed E-state index contributed by atoms with van der Waals surface area (Å²) in [6, 6.07) is 3.72. The van der Waals surface area contributed by atoms with Gasteiger partial charge in [0.05, 0.1) is 0 Å². The quantitative estimate of drug-likeness (QED) is 0.481. The minimum absolute atomic E-state index is 0.0563. The van der Waals surface area contributed by atoms with E-state index >= 15 is 0 Å². The van der Waals surface area contributed by atoms with Crippen molar-refractivity contribution in [2.45, 2.75) is 26.7 Å². The number of aldehydes is 1. The standard InChI is InChI=1S/C12H12N2O/c1-12(2)4-9(8-15)3-10(5-12)11(6-13)7-14/h3,8H,4-5H2,1-2H3. The average Bonchev–Trinajstić information content (AvgIpc) is 2.17. The highest BCUT2D eigenvalue weighted by molar-refractivity contribution is 5.75. The summed E-state index contributed by atoms with van der Waals surface area (Å²) in [5.74, 6) is 0. The van der Waals surface area contributed by atoms with Crippen LogP contribution in [0.25, 0.3) is 0 Å². The summed E-state index contributed by atoms with van der Waals surface area (Å²) in [4.78, 5) is 10.7. The lowest BCUT2D eigenvalue weighted by molar-refractivity contribution is -0.105. The Kier molecular flexibility index (Phi) is 3.07. The fourth-order valence-electron chi connectivity index (χ4n) is 1.86. The summed E-state index contributed by atoms with van der Waals surface area (Å²) in [5.41, 5.74) is 1.39. The van der Waals surface area contributed by atoms with Crippen molar-refractivity contribution in [2.24, 2.45) is 5.41 Å². The number of hydrogen-bond donors (Lipinski definition) is 0. The van der Waals surface area contributed by atoms with Crippen LogP contribution in [0.4, 0.5) is 0 Å². The molecule has 0 atom stereocenters. The Hall–Kier alpha value is -1.87. The van der Waals surface area contributed by atoms with Gasteiger partial charge in [-0.05, 0) is 29.4 Å². The fraction of sp³-hybridized carbons (Fsp3) is 0.417. The number of carbonyl (C=O) groups is 1. The molecule has 0 unspecified atom stereocenters. The van der Waals surface area contributed by atoms with Crippen LogP contribution >= 0.6 is 0 Å². The SMILES string of the molecule is CC1(C)CC(C=O)=CC(=C(C#N)C#N)C1. The average molecular weight is 200 g/mol. The molecule has 0 N–H and O–H groups in total. The summed E-state index contributed by atoms with van der Waals surface area (Å²) >= 11 is 0. The van der Waals surface area contributed by atoms with Gasteiger partial charge in [-0.2, -0.15) is 10.5 Å². The smallest absolute Gasteiger partial charge is 0.146 e. The minimum atomic E-state index is -0.0563. The second-order valence-electron chi connectivity index (χ2n) is 4.48. The maximum absolute atomic E-state index is 10.7. The Morgan fingerprint density at radius 2 is 2.00 bits per heavy atom. The van der Waals surface area contributed by atoms with E-state index in [1.165, 1.54) is 0 Å². The van der Waals surface area contributed by atoms with E-state index in [1.807, 2.05) is 26.0 Å². The van der Waals surface area contributed by atoms with Gasteiger partial charge in [-0.15, -0.1) is 0 Å². The maximum atomic E-state index is 10.7. The number of rotatable bonds is 1. The van der Waals surface area contributed by atoms with Crippen molar-refractivity contribution in [3.63, 3.8) is 0 Å². The first kappa shape index (κ1) is 11.2. The van der Waals surface area contributed by atoms with Gasteiger partial charge in [-0.1, -0.05) is 19.9 Å². The van der Waals surface area contributed by atoms with Crippen LogP contribution in [0.3, 0.4) is 0 Å². The summed E-state index contributed by atoms with van der Waals surface area (Å²) in [7, 11) is 0. The molecule has 0 heterocycles. The van der Waals surface area contributed by atoms with Crippen molar-refractivity contribution in [1.82, 2.24) is 0 Å². The first-order valence-electron chi connectivity index (χ1n) is 4.71. The lowest BCUT2D eigenvalue weighted by Crippen LogP contribution is -2.18. The van der Waals surface area contributed by atoms with Crippen LogP contribution in [0.2, 0.25) is 0 Å². The van der Waals surface area contributed by atoms with Crippen LogP contribution in [0.15, 0.2) is 22.8 Å². The van der Waals surface area contributed by atoms with E-state index in [2.05, 4.69) is 0 Å². The van der Waals surface area contributed by atoms with Gasteiger partial charge in [0.1, 0.15) is 24.0 Å². The van der Waals surface area contributed by atoms with E-state index in [4.69, 9.17) is 10.5 Å². The van der Waals surface area contributed by atoms with E-state index in [0.717, 1.165) is 6.29 Å². The summed E-state index contributed by atoms with van der Waals surface area (Å²) in [6.07, 6.45) is 3.83. The molecule has 0 amide bonds. The van der Waals surface area contributed by atoms with E-state index in [-0.39, 0.29) is 11.0 Å². The minimum Gasteiger partial charge on any atom is -0.298 e. The van der Waals surface area contributed by atoms with Gasteiger partial charge >= 0.3 is 0 Å². The molecule has 0 radical (unpaired) electrons. The monoisotopic (exact) mass is 200 g/mol. The van der Waals surface area contributed by atoms with Gasteiger partial charge in [0.25, 0.3) is 0 Å². The predicted octanol–water partition coefficient (Wildman–Crippen LogP) is 2.28. The first-order valence-corrected chi connectivity index (χ1v) is 4.71. The fourth-order valence-corrected chi connectivity index (χ4v) is 1.86. The van der Waals surface area contributed by atoms with E-state index in [1.54, 1.807) is 6.08 Å². The zero-order valence-electron chi connectivity index (χ0n) is 8.87. The summed E-state index contributed by atoms with van der Waals surface area (Å²) < 4.78 is 0. The molecule has 0 aliphatic heterocycles. The number of carbonyl (C=O) groups excluding carboxylic acids is 1. The lowest BCUT2D eigenvalue weighted by atomic mass is 9.74. The van der Waals surface area contributed by atoms with Crippen molar-refractivity contribution >= 4 is 6.29 Å². The number of hydrogen-bond acceptors (Lipinski definition) is 3. The number of allylic oxidation sites excluding steroid dienone is 4. The Labute approximate surface area is 89.3 Å². The summed E-state index contributed by atoms with van der Waals surface area (Å²) in [6.45, 7) is 4.05. The second kappa shape index (κ2) is 4.11. The molecule has 1 aliphatic carbocycles. The highest BCUT2D eigenvalue weighted by Crippen LogP contribution is 2.38. The van der Waals surface area contributed by atoms with Gasteiger partial charge in [-0.3, -0.25) is 4.79 Å². The van der Waals surface area contributed by atoms with Crippen LogP contribution in [0.1, 0.15) is 26.7 Å². The van der Waals surface area contributed by atoms with Gasteiger partial charge in [0, 0.05) is 0 Å². The molecule has 0 saturated carbocycles. The summed E-state index contributed by atoms with van der Waals surface area (Å²) in [5, 5.41) is 17.5. The molecular weight excluding hydrogens is 188 g/mol. The molecule has 0 aromatic rings. The van der Waals surface area contributed by atoms with Crippen molar-refractivity contribution < 1.29 is 4.79 Å². The molecule has 1 aliphatic rings. The maximum Gasteiger partial charge on any atom is 0.146 e. The Morgan fingerprint density at radius 3 is 2.47 bits per heavy atom. The molecule has 0 aromatic carbocycles. The molecule has 0 saturated heterocycles. The van der Waals surface area contributed by atoms with Crippen LogP contribution in [-0.4, -0.2) is 6.29 Å². The van der Waals surface area contributed by atoms with Crippen molar-refractivity contribution in [1.29, 1.82) is 10.5 Å². The molecule has 3 heteroatoms. The lowest BCUT2D eigenvalue weighted by Gasteiger charge is -2.29. The molecule has 76 valence electrons. The van der Waals surface area contributed by atoms with Gasteiger partial charge in [0.2, 0.25) is 0 Å². The normalized spacial score (nSPS) is 18.4. The molecule has 0 spiro atoms. The highest BCUT2D eigenvalue weighted by atomic mass is 16.1. The molecule has 1 rings (SSSR count). The van der Waals surface area contributed by atoms with Crippen LogP contribution < -0.4 is 0 Å². The number of nitriles is 2.